The van der Waals surface area contributed by atoms with E-state index in [2.05, 4.69) is 6.92 Å². The van der Waals surface area contributed by atoms with Crippen molar-refractivity contribution in [2.45, 2.75) is 211 Å². The van der Waals surface area contributed by atoms with Gasteiger partial charge < -0.3 is 30.6 Å². The van der Waals surface area contributed by atoms with E-state index in [1.807, 2.05) is 6.92 Å². The molecule has 0 aromatic rings. The molecule has 0 radical (unpaired) electrons. The van der Waals surface area contributed by atoms with Crippen LogP contribution in [0.2, 0.25) is 0 Å². The van der Waals surface area contributed by atoms with Crippen molar-refractivity contribution in [1.29, 1.82) is 0 Å². The van der Waals surface area contributed by atoms with Gasteiger partial charge in [-0.25, -0.2) is 0 Å². The molecule has 0 heterocycles. The average molecular weight is 729 g/mol. The van der Waals surface area contributed by atoms with Crippen LogP contribution < -0.4 is 0 Å². The predicted octanol–water partition coefficient (Wildman–Crippen LogP) is 4.36. The molecular formula is C39H68O12. The topological polar surface area (TPSA) is 224 Å². The van der Waals surface area contributed by atoms with Gasteiger partial charge in [0, 0.05) is 77.0 Å². The van der Waals surface area contributed by atoms with Crippen molar-refractivity contribution in [3.8, 4) is 0 Å². The van der Waals surface area contributed by atoms with E-state index in [0.717, 1.165) is 19.3 Å². The van der Waals surface area contributed by atoms with Crippen LogP contribution >= 0.6 is 0 Å². The number of carbonyl (C=O) groups is 6. The van der Waals surface area contributed by atoms with Gasteiger partial charge in [-0.2, -0.15) is 0 Å². The SMILES string of the molecule is CCCCCC(O)CC(O)CC(=O)CCCC(=O)CC(O)CC(=O)CCCCCC(O)CC(O)CC(=O)CCCC(=O)CC(O)CC(=O)CCC. The van der Waals surface area contributed by atoms with Gasteiger partial charge >= 0.3 is 0 Å². The van der Waals surface area contributed by atoms with Gasteiger partial charge in [-0.05, 0) is 51.4 Å². The van der Waals surface area contributed by atoms with Gasteiger partial charge in [-0.1, -0.05) is 46.0 Å². The first-order valence-corrected chi connectivity index (χ1v) is 19.3. The highest BCUT2D eigenvalue weighted by Crippen LogP contribution is 2.16. The van der Waals surface area contributed by atoms with Crippen molar-refractivity contribution in [3.63, 3.8) is 0 Å². The highest BCUT2D eigenvalue weighted by molar-refractivity contribution is 5.84. The second kappa shape index (κ2) is 30.3. The van der Waals surface area contributed by atoms with Gasteiger partial charge in [0.1, 0.15) is 34.7 Å². The van der Waals surface area contributed by atoms with Gasteiger partial charge in [0.2, 0.25) is 0 Å². The smallest absolute Gasteiger partial charge is 0.135 e. The summed E-state index contributed by atoms with van der Waals surface area (Å²) in [5.41, 5.74) is 0. The number of rotatable bonds is 36. The summed E-state index contributed by atoms with van der Waals surface area (Å²) in [6.07, 6.45) is 1.97. The van der Waals surface area contributed by atoms with Gasteiger partial charge in [-0.3, -0.25) is 28.8 Å². The zero-order chi connectivity index (χ0) is 38.6. The van der Waals surface area contributed by atoms with E-state index in [-0.39, 0.29) is 125 Å². The molecule has 0 aliphatic rings. The third-order valence-corrected chi connectivity index (χ3v) is 8.85. The highest BCUT2D eigenvalue weighted by atomic mass is 16.3. The Bertz CT molecular complexity index is 1010. The Hall–Kier alpha value is -2.22. The van der Waals surface area contributed by atoms with Crippen molar-refractivity contribution in [1.82, 2.24) is 0 Å². The number of aliphatic hydroxyl groups is 6. The lowest BCUT2D eigenvalue weighted by molar-refractivity contribution is -0.126. The monoisotopic (exact) mass is 728 g/mol. The molecule has 0 spiro atoms. The van der Waals surface area contributed by atoms with E-state index < -0.39 is 36.6 Å². The maximum atomic E-state index is 12.2. The van der Waals surface area contributed by atoms with Crippen LogP contribution in [0.4, 0.5) is 0 Å². The van der Waals surface area contributed by atoms with Crippen molar-refractivity contribution >= 4 is 34.7 Å². The van der Waals surface area contributed by atoms with Gasteiger partial charge in [0.15, 0.2) is 0 Å². The molecule has 0 aromatic heterocycles. The van der Waals surface area contributed by atoms with Crippen LogP contribution in [0.25, 0.3) is 0 Å². The molecule has 12 heteroatoms. The van der Waals surface area contributed by atoms with Crippen LogP contribution in [0.15, 0.2) is 0 Å². The van der Waals surface area contributed by atoms with E-state index in [4.69, 9.17) is 0 Å². The first kappa shape index (κ1) is 48.8. The lowest BCUT2D eigenvalue weighted by Crippen LogP contribution is -2.21. The summed E-state index contributed by atoms with van der Waals surface area (Å²) in [6.45, 7) is 3.92. The quantitative estimate of drug-likeness (QED) is 0.0495. The van der Waals surface area contributed by atoms with E-state index in [0.29, 0.717) is 51.4 Å². The molecule has 0 amide bonds. The Labute approximate surface area is 304 Å². The van der Waals surface area contributed by atoms with Crippen molar-refractivity contribution < 1.29 is 59.4 Å². The summed E-state index contributed by atoms with van der Waals surface area (Å²) in [6, 6.07) is 0. The normalized spacial score (nSPS) is 15.1. The van der Waals surface area contributed by atoms with Crippen molar-refractivity contribution in [2.75, 3.05) is 0 Å². The Morgan fingerprint density at radius 3 is 1.00 bits per heavy atom. The van der Waals surface area contributed by atoms with Crippen LogP contribution in [0, 0.1) is 0 Å². The summed E-state index contributed by atoms with van der Waals surface area (Å²) < 4.78 is 0. The van der Waals surface area contributed by atoms with Crippen LogP contribution in [0.1, 0.15) is 174 Å². The molecular weight excluding hydrogens is 660 g/mol. The molecule has 0 aliphatic heterocycles. The second-order valence-electron chi connectivity index (χ2n) is 14.4. The molecule has 6 N–H and O–H groups in total. The highest BCUT2D eigenvalue weighted by Gasteiger charge is 2.20. The standard InChI is InChI=1S/C39H68O12/c1-3-5-7-13-29(41)21-37(49)25-33(45)18-11-19-35(47)27-39(51)23-31(43)15-9-6-8-14-30(42)22-38(50)26-34(46)17-10-16-32(44)24-36(48)20-28(40)12-4-2/h29-30,36-39,41-42,48-51H,3-27H2,1-2H3. The molecule has 51 heavy (non-hydrogen) atoms. The first-order chi connectivity index (χ1) is 24.1. The Kier molecular flexibility index (Phi) is 28.9. The third-order valence-electron chi connectivity index (χ3n) is 8.85. The number of ketones is 6. The van der Waals surface area contributed by atoms with Gasteiger partial charge in [0.25, 0.3) is 0 Å². The molecule has 0 aliphatic carbocycles. The number of carbonyl (C=O) groups excluding carboxylic acids is 6. The predicted molar refractivity (Wildman–Crippen MR) is 193 cm³/mol. The lowest BCUT2D eigenvalue weighted by Gasteiger charge is -2.15. The van der Waals surface area contributed by atoms with E-state index >= 15 is 0 Å². The van der Waals surface area contributed by atoms with Crippen molar-refractivity contribution in [2.24, 2.45) is 0 Å². The minimum Gasteiger partial charge on any atom is -0.393 e. The average Bonchev–Trinajstić information content (AvgIpc) is 3.00. The van der Waals surface area contributed by atoms with Crippen LogP contribution in [-0.2, 0) is 28.8 Å². The molecule has 6 atom stereocenters. The summed E-state index contributed by atoms with van der Waals surface area (Å²) in [5, 5.41) is 60.4. The van der Waals surface area contributed by atoms with E-state index in [1.54, 1.807) is 0 Å². The molecule has 0 fully saturated rings. The Morgan fingerprint density at radius 1 is 0.333 bits per heavy atom. The Balaban J connectivity index is 3.99. The zero-order valence-electron chi connectivity index (χ0n) is 31.3. The molecule has 0 rings (SSSR count). The Morgan fingerprint density at radius 2 is 0.647 bits per heavy atom. The van der Waals surface area contributed by atoms with Gasteiger partial charge in [0.05, 0.1) is 36.6 Å². The third kappa shape index (κ3) is 30.0. The molecule has 296 valence electrons. The minimum absolute atomic E-state index is 0.0290. The number of Topliss-reactive ketones (excluding diaryl/α,β-unsaturated/α-hetero) is 6. The van der Waals surface area contributed by atoms with Gasteiger partial charge in [-0.15, -0.1) is 0 Å². The van der Waals surface area contributed by atoms with E-state index in [9.17, 15) is 59.4 Å². The fourth-order valence-electron chi connectivity index (χ4n) is 6.12. The minimum atomic E-state index is -1.09. The van der Waals surface area contributed by atoms with Crippen LogP contribution in [0.5, 0.6) is 0 Å². The largest absolute Gasteiger partial charge is 0.393 e. The van der Waals surface area contributed by atoms with Crippen molar-refractivity contribution in [3.05, 3.63) is 0 Å². The lowest BCUT2D eigenvalue weighted by atomic mass is 9.97. The number of hydrogen-bond acceptors (Lipinski definition) is 12. The summed E-state index contributed by atoms with van der Waals surface area (Å²) in [7, 11) is 0. The number of aliphatic hydroxyl groups excluding tert-OH is 6. The summed E-state index contributed by atoms with van der Waals surface area (Å²) in [4.78, 5) is 72.3. The molecule has 0 saturated heterocycles. The number of unbranched alkanes of at least 4 members (excludes halogenated alkanes) is 4. The molecule has 0 saturated carbocycles. The number of hydrogen-bond donors (Lipinski definition) is 6. The molecule has 0 bridgehead atoms. The van der Waals surface area contributed by atoms with Crippen LogP contribution in [0.3, 0.4) is 0 Å². The second-order valence-corrected chi connectivity index (χ2v) is 14.4. The maximum absolute atomic E-state index is 12.2. The molecule has 12 nitrogen and oxygen atoms in total. The fraction of sp³-hybridized carbons (Fsp3) is 0.846. The van der Waals surface area contributed by atoms with E-state index in [1.165, 1.54) is 0 Å². The fourth-order valence-corrected chi connectivity index (χ4v) is 6.12. The van der Waals surface area contributed by atoms with Crippen LogP contribution in [-0.4, -0.2) is 102 Å². The molecule has 0 aromatic carbocycles. The summed E-state index contributed by atoms with van der Waals surface area (Å²) in [5.74, 6) is -1.14. The maximum Gasteiger partial charge on any atom is 0.135 e. The first-order valence-electron chi connectivity index (χ1n) is 19.3. The zero-order valence-corrected chi connectivity index (χ0v) is 31.3. The molecule has 6 unspecified atom stereocenters. The summed E-state index contributed by atoms with van der Waals surface area (Å²) >= 11 is 0.